The van der Waals surface area contributed by atoms with Gasteiger partial charge in [-0.3, -0.25) is 9.69 Å². The van der Waals surface area contributed by atoms with Gasteiger partial charge >= 0.3 is 0 Å². The smallest absolute Gasteiger partial charge is 0.281 e. The van der Waals surface area contributed by atoms with E-state index in [9.17, 15) is 4.79 Å². The first-order valence-electron chi connectivity index (χ1n) is 10.6. The maximum Gasteiger partial charge on any atom is 0.281 e. The molecule has 1 N–H and O–H groups in total. The number of para-hydroxylation sites is 1. The number of nitrogens with one attached hydrogen (secondary N) is 1. The maximum atomic E-state index is 13.1. The molecule has 0 saturated carbocycles. The van der Waals surface area contributed by atoms with Gasteiger partial charge in [0.25, 0.3) is 5.91 Å². The Kier molecular flexibility index (Phi) is 7.35. The number of benzene rings is 3. The number of hydrogen-bond acceptors (Lipinski definition) is 5. The lowest BCUT2D eigenvalue weighted by atomic mass is 10.1. The van der Waals surface area contributed by atoms with E-state index in [2.05, 4.69) is 5.32 Å². The molecule has 0 radical (unpaired) electrons. The summed E-state index contributed by atoms with van der Waals surface area (Å²) < 4.78 is 16.8. The molecule has 174 valence electrons. The van der Waals surface area contributed by atoms with Crippen molar-refractivity contribution < 1.29 is 19.0 Å². The van der Waals surface area contributed by atoms with Gasteiger partial charge in [0.1, 0.15) is 29.6 Å². The molecule has 34 heavy (non-hydrogen) atoms. The van der Waals surface area contributed by atoms with Gasteiger partial charge in [0.2, 0.25) is 0 Å². The van der Waals surface area contributed by atoms with Gasteiger partial charge < -0.3 is 19.5 Å². The lowest BCUT2D eigenvalue weighted by Crippen LogP contribution is -2.30. The van der Waals surface area contributed by atoms with Gasteiger partial charge in [0.05, 0.1) is 24.4 Å². The van der Waals surface area contributed by atoms with E-state index in [1.165, 1.54) is 4.90 Å². The number of hydrogen-bond donors (Lipinski definition) is 1. The van der Waals surface area contributed by atoms with Crippen molar-refractivity contribution in [3.05, 3.63) is 88.6 Å². The Bertz CT molecular complexity index is 1240. The molecule has 8 heteroatoms. The Morgan fingerprint density at radius 3 is 2.50 bits per heavy atom. The SMILES string of the molecule is CCOc1ccc(N2C(=O)/C(=C\c3ccc(OC)c(COc4ccccc4Cl)c3)NC2=S)cc1. The van der Waals surface area contributed by atoms with E-state index in [0.717, 1.165) is 16.9 Å². The van der Waals surface area contributed by atoms with E-state index in [1.807, 2.05) is 49.4 Å². The third-order valence-electron chi connectivity index (χ3n) is 5.12. The molecule has 0 atom stereocenters. The first-order valence-corrected chi connectivity index (χ1v) is 11.4. The third kappa shape index (κ3) is 5.16. The molecule has 0 bridgehead atoms. The van der Waals surface area contributed by atoms with Crippen LogP contribution in [-0.4, -0.2) is 24.7 Å². The minimum Gasteiger partial charge on any atom is -0.496 e. The summed E-state index contributed by atoms with van der Waals surface area (Å²) in [6.45, 7) is 2.74. The summed E-state index contributed by atoms with van der Waals surface area (Å²) >= 11 is 11.6. The lowest BCUT2D eigenvalue weighted by Gasteiger charge is -2.14. The predicted octanol–water partition coefficient (Wildman–Crippen LogP) is 5.59. The van der Waals surface area contributed by atoms with Crippen LogP contribution in [0, 0.1) is 0 Å². The Morgan fingerprint density at radius 1 is 1.03 bits per heavy atom. The van der Waals surface area contributed by atoms with E-state index >= 15 is 0 Å². The molecule has 0 aromatic heterocycles. The molecule has 0 aliphatic carbocycles. The van der Waals surface area contributed by atoms with Gasteiger partial charge in [0.15, 0.2) is 5.11 Å². The molecule has 1 heterocycles. The van der Waals surface area contributed by atoms with Crippen molar-refractivity contribution >= 4 is 46.6 Å². The molecule has 1 saturated heterocycles. The standard InChI is InChI=1S/C26H23ClN2O4S/c1-3-32-20-11-9-19(10-12-20)29-25(30)22(28-26(29)34)15-17-8-13-23(31-2)18(14-17)16-33-24-7-5-4-6-21(24)27/h4-15H,3,16H2,1-2H3,(H,28,34)/b22-15+. The van der Waals surface area contributed by atoms with Crippen molar-refractivity contribution in [1.29, 1.82) is 0 Å². The number of amides is 1. The summed E-state index contributed by atoms with van der Waals surface area (Å²) in [6, 6.07) is 20.1. The second-order valence-electron chi connectivity index (χ2n) is 7.35. The quantitative estimate of drug-likeness (QED) is 0.325. The molecule has 6 nitrogen and oxygen atoms in total. The molecular formula is C26H23ClN2O4S. The summed E-state index contributed by atoms with van der Waals surface area (Å²) in [7, 11) is 1.60. The molecule has 1 fully saturated rings. The van der Waals surface area contributed by atoms with Crippen LogP contribution in [0.2, 0.25) is 5.02 Å². The summed E-state index contributed by atoms with van der Waals surface area (Å²) in [4.78, 5) is 14.6. The van der Waals surface area contributed by atoms with Gasteiger partial charge in [-0.25, -0.2) is 0 Å². The topological polar surface area (TPSA) is 60.0 Å². The van der Waals surface area contributed by atoms with E-state index in [0.29, 0.717) is 39.6 Å². The van der Waals surface area contributed by atoms with Crippen molar-refractivity contribution in [2.45, 2.75) is 13.5 Å². The summed E-state index contributed by atoms with van der Waals surface area (Å²) in [6.07, 6.45) is 1.75. The minimum absolute atomic E-state index is 0.237. The van der Waals surface area contributed by atoms with Crippen molar-refractivity contribution in [3.63, 3.8) is 0 Å². The number of nitrogens with zero attached hydrogens (tertiary/aromatic N) is 1. The average molecular weight is 495 g/mol. The second-order valence-corrected chi connectivity index (χ2v) is 8.14. The van der Waals surface area contributed by atoms with Crippen LogP contribution in [0.1, 0.15) is 18.1 Å². The second kappa shape index (κ2) is 10.6. The minimum atomic E-state index is -0.237. The van der Waals surface area contributed by atoms with E-state index < -0.39 is 0 Å². The Labute approximate surface area is 208 Å². The van der Waals surface area contributed by atoms with Gasteiger partial charge in [-0.2, -0.15) is 0 Å². The number of anilines is 1. The molecule has 3 aromatic rings. The molecule has 1 amide bonds. The number of methoxy groups -OCH3 is 1. The van der Waals surface area contributed by atoms with Crippen LogP contribution < -0.4 is 24.4 Å². The highest BCUT2D eigenvalue weighted by Crippen LogP contribution is 2.28. The molecule has 1 aliphatic heterocycles. The fourth-order valence-electron chi connectivity index (χ4n) is 3.51. The van der Waals surface area contributed by atoms with Crippen LogP contribution in [0.3, 0.4) is 0 Å². The van der Waals surface area contributed by atoms with Crippen molar-refractivity contribution in [1.82, 2.24) is 5.32 Å². The molecule has 0 unspecified atom stereocenters. The van der Waals surface area contributed by atoms with Crippen LogP contribution in [-0.2, 0) is 11.4 Å². The van der Waals surface area contributed by atoms with Gasteiger partial charge in [0, 0.05) is 5.56 Å². The zero-order valence-corrected chi connectivity index (χ0v) is 20.3. The van der Waals surface area contributed by atoms with Crippen LogP contribution in [0.5, 0.6) is 17.2 Å². The fourth-order valence-corrected chi connectivity index (χ4v) is 4.00. The fraction of sp³-hybridized carbons (Fsp3) is 0.154. The predicted molar refractivity (Wildman–Crippen MR) is 138 cm³/mol. The normalized spacial score (nSPS) is 14.3. The molecule has 4 rings (SSSR count). The Hall–Kier alpha value is -3.55. The summed E-state index contributed by atoms with van der Waals surface area (Å²) in [5, 5.41) is 3.86. The third-order valence-corrected chi connectivity index (χ3v) is 5.72. The van der Waals surface area contributed by atoms with Crippen LogP contribution >= 0.6 is 23.8 Å². The highest BCUT2D eigenvalue weighted by molar-refractivity contribution is 7.80. The first kappa shape index (κ1) is 23.6. The average Bonchev–Trinajstić information content (AvgIpc) is 3.12. The number of halogens is 1. The van der Waals surface area contributed by atoms with E-state index in [-0.39, 0.29) is 12.5 Å². The number of ether oxygens (including phenoxy) is 3. The van der Waals surface area contributed by atoms with Crippen LogP contribution in [0.15, 0.2) is 72.4 Å². The highest BCUT2D eigenvalue weighted by Gasteiger charge is 2.32. The summed E-state index contributed by atoms with van der Waals surface area (Å²) in [5.74, 6) is 1.75. The molecular weight excluding hydrogens is 472 g/mol. The van der Waals surface area contributed by atoms with Crippen LogP contribution in [0.4, 0.5) is 5.69 Å². The van der Waals surface area contributed by atoms with Crippen LogP contribution in [0.25, 0.3) is 6.08 Å². The largest absolute Gasteiger partial charge is 0.496 e. The van der Waals surface area contributed by atoms with Gasteiger partial charge in [-0.15, -0.1) is 0 Å². The molecule has 1 aliphatic rings. The van der Waals surface area contributed by atoms with Crippen molar-refractivity contribution in [2.75, 3.05) is 18.6 Å². The van der Waals surface area contributed by atoms with Crippen molar-refractivity contribution in [2.24, 2.45) is 0 Å². The van der Waals surface area contributed by atoms with Crippen molar-refractivity contribution in [3.8, 4) is 17.2 Å². The number of carbonyl (C=O) groups is 1. The zero-order valence-electron chi connectivity index (χ0n) is 18.7. The van der Waals surface area contributed by atoms with Gasteiger partial charge in [-0.1, -0.05) is 29.8 Å². The number of carbonyl (C=O) groups excluding carboxylic acids is 1. The monoisotopic (exact) mass is 494 g/mol. The maximum absolute atomic E-state index is 13.1. The number of rotatable bonds is 8. The zero-order chi connectivity index (χ0) is 24.1. The number of thiocarbonyl (C=S) groups is 1. The van der Waals surface area contributed by atoms with Gasteiger partial charge in [-0.05, 0) is 79.3 Å². The molecule has 0 spiro atoms. The molecule has 3 aromatic carbocycles. The lowest BCUT2D eigenvalue weighted by molar-refractivity contribution is -0.113. The highest BCUT2D eigenvalue weighted by atomic mass is 35.5. The van der Waals surface area contributed by atoms with E-state index in [1.54, 1.807) is 37.5 Å². The Morgan fingerprint density at radius 2 is 1.79 bits per heavy atom. The van der Waals surface area contributed by atoms with E-state index in [4.69, 9.17) is 38.0 Å². The summed E-state index contributed by atoms with van der Waals surface area (Å²) in [5.41, 5.74) is 2.65. The Balaban J connectivity index is 1.55. The first-order chi connectivity index (χ1) is 16.5.